The van der Waals surface area contributed by atoms with Gasteiger partial charge >= 0.3 is 5.69 Å². The molecule has 0 amide bonds. The minimum atomic E-state index is -0.190. The number of rotatable bonds is 7. The Bertz CT molecular complexity index is 1180. The van der Waals surface area contributed by atoms with Crippen LogP contribution in [0.3, 0.4) is 0 Å². The molecule has 1 aromatic heterocycles. The van der Waals surface area contributed by atoms with E-state index < -0.39 is 0 Å². The lowest BCUT2D eigenvalue weighted by atomic mass is 10.1. The van der Waals surface area contributed by atoms with Crippen molar-refractivity contribution in [1.82, 2.24) is 14.3 Å². The molecule has 0 aliphatic carbocycles. The van der Waals surface area contributed by atoms with Gasteiger partial charge in [-0.3, -0.25) is 0 Å². The monoisotopic (exact) mass is 446 g/mol. The van der Waals surface area contributed by atoms with Crippen LogP contribution in [0.1, 0.15) is 38.8 Å². The van der Waals surface area contributed by atoms with Crippen LogP contribution in [0.15, 0.2) is 53.6 Å². The molecule has 1 unspecified atom stereocenters. The SMILES string of the molecule is CCOc1ccc(N2CCN(c3ccc(-n4cnn(C(C)CC)c4=O)cc3C#N)CC2)cc1. The van der Waals surface area contributed by atoms with E-state index in [4.69, 9.17) is 4.74 Å². The van der Waals surface area contributed by atoms with E-state index in [0.717, 1.165) is 44.0 Å². The first-order valence-electron chi connectivity index (χ1n) is 11.5. The van der Waals surface area contributed by atoms with Crippen LogP contribution in [-0.4, -0.2) is 47.1 Å². The Labute approximate surface area is 194 Å². The van der Waals surface area contributed by atoms with Gasteiger partial charge in [0.05, 0.1) is 29.6 Å². The molecule has 8 heteroatoms. The van der Waals surface area contributed by atoms with Gasteiger partial charge in [-0.25, -0.2) is 14.0 Å². The zero-order valence-corrected chi connectivity index (χ0v) is 19.4. The first-order chi connectivity index (χ1) is 16.0. The standard InChI is InChI=1S/C25H30N6O2/c1-4-19(3)31-25(32)30(18-27-31)22-8-11-24(20(16-22)17-26)29-14-12-28(13-15-29)21-6-9-23(10-7-21)33-5-2/h6-11,16,18-19H,4-5,12-15H2,1-3H3. The lowest BCUT2D eigenvalue weighted by Crippen LogP contribution is -2.46. The molecule has 2 aromatic carbocycles. The Morgan fingerprint density at radius 1 is 1.03 bits per heavy atom. The summed E-state index contributed by atoms with van der Waals surface area (Å²) in [4.78, 5) is 17.3. The molecule has 1 aliphatic rings. The van der Waals surface area contributed by atoms with Crippen molar-refractivity contribution in [1.29, 1.82) is 5.26 Å². The second-order valence-electron chi connectivity index (χ2n) is 8.20. The maximum Gasteiger partial charge on any atom is 0.350 e. The minimum Gasteiger partial charge on any atom is -0.494 e. The van der Waals surface area contributed by atoms with Crippen molar-refractivity contribution in [2.45, 2.75) is 33.2 Å². The highest BCUT2D eigenvalue weighted by molar-refractivity contribution is 5.64. The van der Waals surface area contributed by atoms with Crippen molar-refractivity contribution < 1.29 is 4.74 Å². The number of hydrogen-bond acceptors (Lipinski definition) is 6. The average molecular weight is 447 g/mol. The second kappa shape index (κ2) is 9.82. The Hall–Kier alpha value is -3.73. The third-order valence-electron chi connectivity index (χ3n) is 6.21. The van der Waals surface area contributed by atoms with Crippen LogP contribution in [0, 0.1) is 11.3 Å². The maximum absolute atomic E-state index is 12.7. The largest absolute Gasteiger partial charge is 0.494 e. The second-order valence-corrected chi connectivity index (χ2v) is 8.20. The van der Waals surface area contributed by atoms with Gasteiger partial charge in [0.1, 0.15) is 18.1 Å². The molecule has 4 rings (SSSR count). The summed E-state index contributed by atoms with van der Waals surface area (Å²) in [7, 11) is 0. The van der Waals surface area contributed by atoms with E-state index in [2.05, 4.69) is 33.1 Å². The number of aromatic nitrogens is 3. The summed E-state index contributed by atoms with van der Waals surface area (Å²) in [6.45, 7) is 9.98. The number of nitrogens with zero attached hydrogens (tertiary/aromatic N) is 6. The van der Waals surface area contributed by atoms with Gasteiger partial charge in [0.2, 0.25) is 0 Å². The fourth-order valence-corrected chi connectivity index (χ4v) is 4.13. The first-order valence-corrected chi connectivity index (χ1v) is 11.5. The van der Waals surface area contributed by atoms with E-state index in [1.807, 2.05) is 45.0 Å². The molecule has 0 bridgehead atoms. The van der Waals surface area contributed by atoms with Crippen molar-refractivity contribution in [3.05, 3.63) is 64.8 Å². The molecular weight excluding hydrogens is 416 g/mol. The van der Waals surface area contributed by atoms with Crippen LogP contribution in [-0.2, 0) is 0 Å². The molecular formula is C25H30N6O2. The van der Waals surface area contributed by atoms with Gasteiger partial charge in [-0.15, -0.1) is 0 Å². The summed E-state index contributed by atoms with van der Waals surface area (Å²) in [5, 5.41) is 14.1. The molecule has 172 valence electrons. The molecule has 33 heavy (non-hydrogen) atoms. The van der Waals surface area contributed by atoms with Gasteiger partial charge in [-0.1, -0.05) is 6.92 Å². The topological polar surface area (TPSA) is 79.3 Å². The Kier molecular flexibility index (Phi) is 6.68. The predicted molar refractivity (Wildman–Crippen MR) is 130 cm³/mol. The maximum atomic E-state index is 12.7. The molecule has 0 N–H and O–H groups in total. The summed E-state index contributed by atoms with van der Waals surface area (Å²) < 4.78 is 8.52. The van der Waals surface area contributed by atoms with E-state index in [1.54, 1.807) is 6.07 Å². The third kappa shape index (κ3) is 4.58. The fourth-order valence-electron chi connectivity index (χ4n) is 4.13. The summed E-state index contributed by atoms with van der Waals surface area (Å²) in [5.41, 5.74) is 3.10. The van der Waals surface area contributed by atoms with Crippen molar-refractivity contribution in [2.24, 2.45) is 0 Å². The van der Waals surface area contributed by atoms with Gasteiger partial charge < -0.3 is 14.5 Å². The predicted octanol–water partition coefficient (Wildman–Crippen LogP) is 3.60. The van der Waals surface area contributed by atoms with E-state index in [1.165, 1.54) is 21.3 Å². The van der Waals surface area contributed by atoms with Crippen molar-refractivity contribution in [3.8, 4) is 17.5 Å². The lowest BCUT2D eigenvalue weighted by Gasteiger charge is -2.37. The molecule has 2 heterocycles. The van der Waals surface area contributed by atoms with Crippen LogP contribution < -0.4 is 20.2 Å². The number of nitriles is 1. The highest BCUT2D eigenvalue weighted by Gasteiger charge is 2.21. The van der Waals surface area contributed by atoms with E-state index in [-0.39, 0.29) is 11.7 Å². The fraction of sp³-hybridized carbons (Fsp3) is 0.400. The molecule has 1 atom stereocenters. The summed E-state index contributed by atoms with van der Waals surface area (Å²) in [6.07, 6.45) is 2.35. The van der Waals surface area contributed by atoms with E-state index in [0.29, 0.717) is 17.9 Å². The number of ether oxygens (including phenoxy) is 1. The van der Waals surface area contributed by atoms with Crippen LogP contribution in [0.5, 0.6) is 5.75 Å². The molecule has 0 saturated carbocycles. The van der Waals surface area contributed by atoms with Crippen LogP contribution in [0.25, 0.3) is 5.69 Å². The Morgan fingerprint density at radius 2 is 1.70 bits per heavy atom. The quantitative estimate of drug-likeness (QED) is 0.552. The summed E-state index contributed by atoms with van der Waals surface area (Å²) >= 11 is 0. The molecule has 3 aromatic rings. The average Bonchev–Trinajstić information content (AvgIpc) is 3.25. The minimum absolute atomic E-state index is 0.0279. The van der Waals surface area contributed by atoms with Crippen molar-refractivity contribution >= 4 is 11.4 Å². The summed E-state index contributed by atoms with van der Waals surface area (Å²) in [6, 6.07) is 16.1. The first kappa shape index (κ1) is 22.5. The van der Waals surface area contributed by atoms with E-state index >= 15 is 0 Å². The number of hydrogen-bond donors (Lipinski definition) is 0. The molecule has 0 spiro atoms. The van der Waals surface area contributed by atoms with Crippen molar-refractivity contribution in [2.75, 3.05) is 42.6 Å². The smallest absolute Gasteiger partial charge is 0.350 e. The zero-order chi connectivity index (χ0) is 23.4. The van der Waals surface area contributed by atoms with Crippen LogP contribution in [0.4, 0.5) is 11.4 Å². The molecule has 1 saturated heterocycles. The lowest BCUT2D eigenvalue weighted by molar-refractivity contribution is 0.340. The highest BCUT2D eigenvalue weighted by atomic mass is 16.5. The third-order valence-corrected chi connectivity index (χ3v) is 6.21. The van der Waals surface area contributed by atoms with Crippen LogP contribution in [0.2, 0.25) is 0 Å². The highest BCUT2D eigenvalue weighted by Crippen LogP contribution is 2.26. The Morgan fingerprint density at radius 3 is 2.33 bits per heavy atom. The van der Waals surface area contributed by atoms with Gasteiger partial charge in [-0.2, -0.15) is 10.4 Å². The number of benzene rings is 2. The molecule has 8 nitrogen and oxygen atoms in total. The normalized spacial score (nSPS) is 14.7. The Balaban J connectivity index is 1.49. The van der Waals surface area contributed by atoms with Gasteiger partial charge in [0, 0.05) is 31.9 Å². The van der Waals surface area contributed by atoms with Crippen LogP contribution >= 0.6 is 0 Å². The molecule has 1 fully saturated rings. The zero-order valence-electron chi connectivity index (χ0n) is 19.4. The number of piperazine rings is 1. The number of anilines is 2. The molecule has 0 radical (unpaired) electrons. The summed E-state index contributed by atoms with van der Waals surface area (Å²) in [5.74, 6) is 0.882. The van der Waals surface area contributed by atoms with E-state index in [9.17, 15) is 10.1 Å². The van der Waals surface area contributed by atoms with Gasteiger partial charge in [-0.05, 0) is 62.7 Å². The van der Waals surface area contributed by atoms with Gasteiger partial charge in [0.15, 0.2) is 0 Å². The molecule has 1 aliphatic heterocycles. The van der Waals surface area contributed by atoms with Crippen molar-refractivity contribution in [3.63, 3.8) is 0 Å². The van der Waals surface area contributed by atoms with Gasteiger partial charge in [0.25, 0.3) is 0 Å².